The number of ether oxygens (including phenoxy) is 1. The molecule has 0 radical (unpaired) electrons. The van der Waals surface area contributed by atoms with Crippen molar-refractivity contribution in [3.8, 4) is 5.75 Å². The predicted molar refractivity (Wildman–Crippen MR) is 104 cm³/mol. The van der Waals surface area contributed by atoms with Crippen LogP contribution in [0.1, 0.15) is 30.9 Å². The van der Waals surface area contributed by atoms with Gasteiger partial charge in [0, 0.05) is 18.3 Å². The SMILES string of the molecule is CCc1ccc(NC(=S)N(Cc2ccc(OC)cc2)C2CC2)cc1. The summed E-state index contributed by atoms with van der Waals surface area (Å²) in [6.07, 6.45) is 3.48. The van der Waals surface area contributed by atoms with Crippen LogP contribution >= 0.6 is 12.2 Å². The number of thiocarbonyl (C=S) groups is 1. The first-order chi connectivity index (χ1) is 11.7. The first-order valence-corrected chi connectivity index (χ1v) is 8.90. The van der Waals surface area contributed by atoms with Crippen molar-refractivity contribution in [3.05, 3.63) is 59.7 Å². The zero-order valence-corrected chi connectivity index (χ0v) is 15.1. The molecule has 2 aromatic rings. The molecular formula is C20H24N2OS. The number of nitrogens with zero attached hydrogens (tertiary/aromatic N) is 1. The highest BCUT2D eigenvalue weighted by Crippen LogP contribution is 2.29. The molecule has 0 heterocycles. The third kappa shape index (κ3) is 4.26. The van der Waals surface area contributed by atoms with Crippen molar-refractivity contribution < 1.29 is 4.74 Å². The van der Waals surface area contributed by atoms with Crippen molar-refractivity contribution in [1.29, 1.82) is 0 Å². The largest absolute Gasteiger partial charge is 0.497 e. The lowest BCUT2D eigenvalue weighted by molar-refractivity contribution is 0.405. The van der Waals surface area contributed by atoms with E-state index in [-0.39, 0.29) is 0 Å². The van der Waals surface area contributed by atoms with Gasteiger partial charge in [-0.15, -0.1) is 0 Å². The molecule has 0 bridgehead atoms. The lowest BCUT2D eigenvalue weighted by atomic mass is 10.1. The van der Waals surface area contributed by atoms with E-state index < -0.39 is 0 Å². The minimum atomic E-state index is 0.557. The van der Waals surface area contributed by atoms with Crippen molar-refractivity contribution in [2.24, 2.45) is 0 Å². The fourth-order valence-corrected chi connectivity index (χ4v) is 3.03. The zero-order chi connectivity index (χ0) is 16.9. The minimum Gasteiger partial charge on any atom is -0.497 e. The van der Waals surface area contributed by atoms with Crippen molar-refractivity contribution in [2.75, 3.05) is 12.4 Å². The maximum atomic E-state index is 5.67. The molecule has 2 aromatic carbocycles. The number of benzene rings is 2. The van der Waals surface area contributed by atoms with Gasteiger partial charge in [-0.1, -0.05) is 31.2 Å². The molecule has 1 fully saturated rings. The quantitative estimate of drug-likeness (QED) is 0.776. The number of aryl methyl sites for hydroxylation is 1. The molecule has 0 unspecified atom stereocenters. The van der Waals surface area contributed by atoms with Gasteiger partial charge in [-0.2, -0.15) is 0 Å². The fraction of sp³-hybridized carbons (Fsp3) is 0.350. The van der Waals surface area contributed by atoms with Crippen molar-refractivity contribution >= 4 is 23.0 Å². The highest BCUT2D eigenvalue weighted by atomic mass is 32.1. The number of methoxy groups -OCH3 is 1. The summed E-state index contributed by atoms with van der Waals surface area (Å²) in [4.78, 5) is 2.30. The monoisotopic (exact) mass is 340 g/mol. The lowest BCUT2D eigenvalue weighted by Crippen LogP contribution is -2.36. The summed E-state index contributed by atoms with van der Waals surface area (Å²) in [5.74, 6) is 0.883. The molecule has 0 spiro atoms. The Kier molecular flexibility index (Phi) is 5.36. The van der Waals surface area contributed by atoms with Gasteiger partial charge in [0.25, 0.3) is 0 Å². The third-order valence-corrected chi connectivity index (χ3v) is 4.71. The Balaban J connectivity index is 1.66. The van der Waals surface area contributed by atoms with Crippen LogP contribution < -0.4 is 10.1 Å². The molecule has 3 rings (SSSR count). The Hall–Kier alpha value is -2.07. The highest BCUT2D eigenvalue weighted by Gasteiger charge is 2.30. The van der Waals surface area contributed by atoms with Crippen LogP contribution in [-0.2, 0) is 13.0 Å². The molecule has 1 aliphatic carbocycles. The van der Waals surface area contributed by atoms with Gasteiger partial charge in [-0.25, -0.2) is 0 Å². The molecule has 24 heavy (non-hydrogen) atoms. The van der Waals surface area contributed by atoms with Gasteiger partial charge in [0.15, 0.2) is 5.11 Å². The van der Waals surface area contributed by atoms with E-state index in [1.165, 1.54) is 24.0 Å². The first-order valence-electron chi connectivity index (χ1n) is 8.49. The fourth-order valence-electron chi connectivity index (χ4n) is 2.70. The molecule has 0 amide bonds. The van der Waals surface area contributed by atoms with Crippen LogP contribution in [0, 0.1) is 0 Å². The van der Waals surface area contributed by atoms with Gasteiger partial charge in [-0.3, -0.25) is 0 Å². The Morgan fingerprint density at radius 2 is 1.71 bits per heavy atom. The predicted octanol–water partition coefficient (Wildman–Crippen LogP) is 4.62. The smallest absolute Gasteiger partial charge is 0.173 e. The minimum absolute atomic E-state index is 0.557. The van der Waals surface area contributed by atoms with Crippen molar-refractivity contribution in [1.82, 2.24) is 4.90 Å². The summed E-state index contributed by atoms with van der Waals surface area (Å²) in [5.41, 5.74) is 3.63. The lowest BCUT2D eigenvalue weighted by Gasteiger charge is -2.26. The van der Waals surface area contributed by atoms with E-state index in [0.29, 0.717) is 6.04 Å². The van der Waals surface area contributed by atoms with Gasteiger partial charge in [-0.05, 0) is 66.9 Å². The van der Waals surface area contributed by atoms with E-state index in [1.54, 1.807) is 7.11 Å². The van der Waals surface area contributed by atoms with E-state index in [2.05, 4.69) is 53.5 Å². The van der Waals surface area contributed by atoms with Gasteiger partial charge in [0.1, 0.15) is 5.75 Å². The second kappa shape index (κ2) is 7.67. The summed E-state index contributed by atoms with van der Waals surface area (Å²) in [7, 11) is 1.69. The molecule has 4 heteroatoms. The van der Waals surface area contributed by atoms with Crippen LogP contribution in [0.4, 0.5) is 5.69 Å². The van der Waals surface area contributed by atoms with Gasteiger partial charge in [0.2, 0.25) is 0 Å². The summed E-state index contributed by atoms with van der Waals surface area (Å²) in [5, 5.41) is 4.19. The topological polar surface area (TPSA) is 24.5 Å². The van der Waals surface area contributed by atoms with E-state index in [0.717, 1.165) is 29.5 Å². The molecule has 126 valence electrons. The zero-order valence-electron chi connectivity index (χ0n) is 14.3. The van der Waals surface area contributed by atoms with Crippen LogP contribution in [-0.4, -0.2) is 23.2 Å². The highest BCUT2D eigenvalue weighted by molar-refractivity contribution is 7.80. The molecule has 0 atom stereocenters. The number of nitrogens with one attached hydrogen (secondary N) is 1. The third-order valence-electron chi connectivity index (χ3n) is 4.37. The second-order valence-electron chi connectivity index (χ2n) is 6.19. The molecule has 1 N–H and O–H groups in total. The molecule has 1 aliphatic rings. The summed E-state index contributed by atoms with van der Waals surface area (Å²) in [6.45, 7) is 2.99. The molecule has 0 aromatic heterocycles. The summed E-state index contributed by atoms with van der Waals surface area (Å²) < 4.78 is 5.23. The van der Waals surface area contributed by atoms with Gasteiger partial charge < -0.3 is 15.0 Å². The summed E-state index contributed by atoms with van der Waals surface area (Å²) >= 11 is 5.67. The molecule has 0 aliphatic heterocycles. The van der Waals surface area contributed by atoms with Crippen molar-refractivity contribution in [2.45, 2.75) is 38.8 Å². The number of rotatable bonds is 6. The van der Waals surface area contributed by atoms with Crippen LogP contribution in [0.25, 0.3) is 0 Å². The second-order valence-corrected chi connectivity index (χ2v) is 6.57. The number of hydrogen-bond acceptors (Lipinski definition) is 2. The Bertz CT molecular complexity index is 678. The van der Waals surface area contributed by atoms with Crippen molar-refractivity contribution in [3.63, 3.8) is 0 Å². The normalized spacial score (nSPS) is 13.4. The van der Waals surface area contributed by atoms with E-state index >= 15 is 0 Å². The van der Waals surface area contributed by atoms with E-state index in [4.69, 9.17) is 17.0 Å². The maximum Gasteiger partial charge on any atom is 0.173 e. The standard InChI is InChI=1S/C20H24N2OS/c1-3-15-4-8-17(9-5-15)21-20(24)22(18-10-11-18)14-16-6-12-19(23-2)13-7-16/h4-9,12-13,18H,3,10-11,14H2,1-2H3,(H,21,24). The van der Waals surface area contributed by atoms with Crippen LogP contribution in [0.2, 0.25) is 0 Å². The molecular weight excluding hydrogens is 316 g/mol. The molecule has 0 saturated heterocycles. The number of anilines is 1. The van der Waals surface area contributed by atoms with E-state index in [9.17, 15) is 0 Å². The average molecular weight is 340 g/mol. The molecule has 3 nitrogen and oxygen atoms in total. The Labute approximate surface area is 149 Å². The Morgan fingerprint density at radius 3 is 2.25 bits per heavy atom. The average Bonchev–Trinajstić information content (AvgIpc) is 3.45. The van der Waals surface area contributed by atoms with E-state index in [1.807, 2.05) is 12.1 Å². The van der Waals surface area contributed by atoms with Gasteiger partial charge >= 0.3 is 0 Å². The number of hydrogen-bond donors (Lipinski definition) is 1. The summed E-state index contributed by atoms with van der Waals surface area (Å²) in [6, 6.07) is 17.3. The van der Waals surface area contributed by atoms with Crippen LogP contribution in [0.5, 0.6) is 5.75 Å². The first kappa shape index (κ1) is 16.8. The Morgan fingerprint density at radius 1 is 1.08 bits per heavy atom. The van der Waals surface area contributed by atoms with Crippen LogP contribution in [0.15, 0.2) is 48.5 Å². The van der Waals surface area contributed by atoms with Crippen LogP contribution in [0.3, 0.4) is 0 Å². The molecule has 1 saturated carbocycles. The maximum absolute atomic E-state index is 5.67. The van der Waals surface area contributed by atoms with Gasteiger partial charge in [0.05, 0.1) is 7.11 Å².